The SMILES string of the molecule is O=C(O)c1c(Cc2ccccc2)cc(O)cc1O[C@@H]1O[C@H](CO)[C@@H](O)[C@H](O)[C@H]1O. The van der Waals surface area contributed by atoms with Gasteiger partial charge in [0.15, 0.2) is 0 Å². The number of hydrogen-bond acceptors (Lipinski definition) is 8. The zero-order valence-electron chi connectivity index (χ0n) is 15.3. The molecule has 0 radical (unpaired) electrons. The van der Waals surface area contributed by atoms with E-state index < -0.39 is 43.3 Å². The van der Waals surface area contributed by atoms with Gasteiger partial charge in [-0.2, -0.15) is 0 Å². The fraction of sp³-hybridized carbons (Fsp3) is 0.350. The van der Waals surface area contributed by atoms with Gasteiger partial charge in [-0.05, 0) is 23.6 Å². The normalized spacial score (nSPS) is 26.8. The number of aromatic hydroxyl groups is 1. The van der Waals surface area contributed by atoms with Gasteiger partial charge in [-0.15, -0.1) is 0 Å². The molecule has 0 aliphatic carbocycles. The van der Waals surface area contributed by atoms with Crippen LogP contribution in [0.3, 0.4) is 0 Å². The Hall–Kier alpha value is -2.69. The standard InChI is InChI=1S/C20H22O9/c21-9-14-16(23)17(24)18(25)20(29-14)28-13-8-12(22)7-11(15(13)19(26)27)6-10-4-2-1-3-5-10/h1-5,7-8,14,16-18,20-25H,6,9H2,(H,26,27)/t14-,16-,17+,18-,20-/m1/s1. The lowest BCUT2D eigenvalue weighted by molar-refractivity contribution is -0.277. The number of aliphatic hydroxyl groups is 4. The largest absolute Gasteiger partial charge is 0.508 e. The summed E-state index contributed by atoms with van der Waals surface area (Å²) in [7, 11) is 0. The number of carboxylic acid groups (broad SMARTS) is 1. The molecule has 0 aromatic heterocycles. The number of ether oxygens (including phenoxy) is 2. The summed E-state index contributed by atoms with van der Waals surface area (Å²) in [5.74, 6) is -1.87. The summed E-state index contributed by atoms with van der Waals surface area (Å²) in [6.45, 7) is -0.657. The van der Waals surface area contributed by atoms with Crippen LogP contribution in [0.25, 0.3) is 0 Å². The van der Waals surface area contributed by atoms with Crippen molar-refractivity contribution in [2.24, 2.45) is 0 Å². The summed E-state index contributed by atoms with van der Waals surface area (Å²) in [6.07, 6.45) is -7.56. The highest BCUT2D eigenvalue weighted by atomic mass is 16.7. The molecule has 0 amide bonds. The molecule has 156 valence electrons. The number of hydrogen-bond donors (Lipinski definition) is 6. The van der Waals surface area contributed by atoms with Gasteiger partial charge in [0.25, 0.3) is 0 Å². The molecular formula is C20H22O9. The highest BCUT2D eigenvalue weighted by Crippen LogP contribution is 2.33. The number of aromatic carboxylic acids is 1. The van der Waals surface area contributed by atoms with E-state index in [2.05, 4.69) is 0 Å². The highest BCUT2D eigenvalue weighted by Gasteiger charge is 2.45. The van der Waals surface area contributed by atoms with E-state index >= 15 is 0 Å². The second-order valence-corrected chi connectivity index (χ2v) is 6.76. The lowest BCUT2D eigenvalue weighted by Crippen LogP contribution is -2.60. The Labute approximate surface area is 166 Å². The van der Waals surface area contributed by atoms with Gasteiger partial charge < -0.3 is 40.1 Å². The molecule has 1 saturated heterocycles. The number of carboxylic acids is 1. The third-order valence-electron chi connectivity index (χ3n) is 4.71. The average molecular weight is 406 g/mol. The van der Waals surface area contributed by atoms with E-state index in [0.717, 1.165) is 11.6 Å². The maximum Gasteiger partial charge on any atom is 0.339 e. The van der Waals surface area contributed by atoms with E-state index in [1.54, 1.807) is 24.3 Å². The Bertz CT molecular complexity index is 853. The van der Waals surface area contributed by atoms with Gasteiger partial charge in [-0.3, -0.25) is 0 Å². The van der Waals surface area contributed by atoms with Gasteiger partial charge in [0.1, 0.15) is 41.5 Å². The van der Waals surface area contributed by atoms with Crippen molar-refractivity contribution >= 4 is 5.97 Å². The Kier molecular flexibility index (Phi) is 6.36. The van der Waals surface area contributed by atoms with Crippen LogP contribution < -0.4 is 4.74 Å². The van der Waals surface area contributed by atoms with Crippen LogP contribution >= 0.6 is 0 Å². The van der Waals surface area contributed by atoms with Crippen LogP contribution in [0.15, 0.2) is 42.5 Å². The maximum absolute atomic E-state index is 11.9. The van der Waals surface area contributed by atoms with Crippen molar-refractivity contribution in [3.63, 3.8) is 0 Å². The number of benzene rings is 2. The molecule has 1 aliphatic heterocycles. The van der Waals surface area contributed by atoms with Gasteiger partial charge in [-0.1, -0.05) is 30.3 Å². The predicted molar refractivity (Wildman–Crippen MR) is 98.7 cm³/mol. The molecule has 29 heavy (non-hydrogen) atoms. The van der Waals surface area contributed by atoms with Crippen LogP contribution in [0, 0.1) is 0 Å². The van der Waals surface area contributed by atoms with Crippen molar-refractivity contribution in [2.45, 2.75) is 37.1 Å². The smallest absolute Gasteiger partial charge is 0.339 e. The minimum Gasteiger partial charge on any atom is -0.508 e. The number of phenolic OH excluding ortho intramolecular Hbond substituents is 1. The lowest BCUT2D eigenvalue weighted by Gasteiger charge is -2.39. The molecule has 9 heteroatoms. The first kappa shape index (κ1) is 21.0. The molecule has 2 aromatic carbocycles. The second kappa shape index (κ2) is 8.76. The highest BCUT2D eigenvalue weighted by molar-refractivity contribution is 5.93. The van der Waals surface area contributed by atoms with E-state index in [1.807, 2.05) is 6.07 Å². The molecular weight excluding hydrogens is 384 g/mol. The molecule has 9 nitrogen and oxygen atoms in total. The van der Waals surface area contributed by atoms with E-state index in [1.165, 1.54) is 6.07 Å². The molecule has 0 saturated carbocycles. The Morgan fingerprint density at radius 2 is 1.72 bits per heavy atom. The minimum absolute atomic E-state index is 0.196. The summed E-state index contributed by atoms with van der Waals surface area (Å²) < 4.78 is 10.7. The van der Waals surface area contributed by atoms with Crippen LogP contribution in [-0.2, 0) is 11.2 Å². The van der Waals surface area contributed by atoms with E-state index in [0.29, 0.717) is 0 Å². The van der Waals surface area contributed by atoms with E-state index in [-0.39, 0.29) is 29.0 Å². The fourth-order valence-electron chi connectivity index (χ4n) is 3.24. The van der Waals surface area contributed by atoms with Gasteiger partial charge in [0.05, 0.1) is 6.61 Å². The van der Waals surface area contributed by atoms with E-state index in [4.69, 9.17) is 9.47 Å². The Morgan fingerprint density at radius 3 is 2.34 bits per heavy atom. The van der Waals surface area contributed by atoms with Crippen molar-refractivity contribution in [1.29, 1.82) is 0 Å². The first-order chi connectivity index (χ1) is 13.8. The summed E-state index contributed by atoms with van der Waals surface area (Å²) in [6, 6.07) is 11.4. The van der Waals surface area contributed by atoms with Crippen molar-refractivity contribution in [1.82, 2.24) is 0 Å². The number of aliphatic hydroxyl groups excluding tert-OH is 4. The molecule has 1 aliphatic rings. The molecule has 2 aromatic rings. The first-order valence-corrected chi connectivity index (χ1v) is 8.92. The number of phenols is 1. The molecule has 0 unspecified atom stereocenters. The Morgan fingerprint density at radius 1 is 1.03 bits per heavy atom. The maximum atomic E-state index is 11.9. The van der Waals surface area contributed by atoms with E-state index in [9.17, 15) is 35.4 Å². The average Bonchev–Trinajstić information content (AvgIpc) is 2.68. The first-order valence-electron chi connectivity index (χ1n) is 8.92. The molecule has 3 rings (SSSR count). The zero-order valence-corrected chi connectivity index (χ0v) is 15.3. The van der Waals surface area contributed by atoms with Crippen LogP contribution in [-0.4, -0.2) is 73.9 Å². The van der Waals surface area contributed by atoms with Crippen molar-refractivity contribution < 1.29 is 44.9 Å². The van der Waals surface area contributed by atoms with Crippen molar-refractivity contribution in [2.75, 3.05) is 6.61 Å². The fourth-order valence-corrected chi connectivity index (χ4v) is 3.24. The molecule has 0 bridgehead atoms. The predicted octanol–water partition coefficient (Wildman–Crippen LogP) is -0.140. The zero-order chi connectivity index (χ0) is 21.1. The monoisotopic (exact) mass is 406 g/mol. The molecule has 1 heterocycles. The van der Waals surface area contributed by atoms with Crippen molar-refractivity contribution in [3.8, 4) is 11.5 Å². The third-order valence-corrected chi connectivity index (χ3v) is 4.71. The lowest BCUT2D eigenvalue weighted by atomic mass is 9.97. The molecule has 6 N–H and O–H groups in total. The molecule has 0 spiro atoms. The van der Waals surface area contributed by atoms with Gasteiger partial charge in [0, 0.05) is 6.07 Å². The van der Waals surface area contributed by atoms with Crippen LogP contribution in [0.2, 0.25) is 0 Å². The quantitative estimate of drug-likeness (QED) is 0.384. The third kappa shape index (κ3) is 4.50. The molecule has 5 atom stereocenters. The summed E-state index contributed by atoms with van der Waals surface area (Å²) >= 11 is 0. The summed E-state index contributed by atoms with van der Waals surface area (Å²) in [4.78, 5) is 11.9. The van der Waals surface area contributed by atoms with Crippen LogP contribution in [0.1, 0.15) is 21.5 Å². The van der Waals surface area contributed by atoms with Gasteiger partial charge in [0.2, 0.25) is 6.29 Å². The number of carbonyl (C=O) groups is 1. The minimum atomic E-state index is -1.71. The number of rotatable bonds is 6. The van der Waals surface area contributed by atoms with Crippen molar-refractivity contribution in [3.05, 3.63) is 59.2 Å². The van der Waals surface area contributed by atoms with Gasteiger partial charge >= 0.3 is 5.97 Å². The Balaban J connectivity index is 1.95. The second-order valence-electron chi connectivity index (χ2n) is 6.76. The van der Waals surface area contributed by atoms with Crippen LogP contribution in [0.5, 0.6) is 11.5 Å². The van der Waals surface area contributed by atoms with Gasteiger partial charge in [-0.25, -0.2) is 4.79 Å². The molecule has 1 fully saturated rings. The topological polar surface area (TPSA) is 157 Å². The van der Waals surface area contributed by atoms with Crippen LogP contribution in [0.4, 0.5) is 0 Å². The summed E-state index contributed by atoms with van der Waals surface area (Å²) in [5, 5.41) is 58.9. The summed E-state index contributed by atoms with van der Waals surface area (Å²) in [5.41, 5.74) is 0.825.